The highest BCUT2D eigenvalue weighted by Gasteiger charge is 2.42. The minimum absolute atomic E-state index is 0.100. The monoisotopic (exact) mass is 566 g/mol. The van der Waals surface area contributed by atoms with Crippen LogP contribution in [0, 0.1) is 6.92 Å². The number of piperidine rings is 1. The fraction of sp³-hybridized carbons (Fsp3) is 0.440. The Bertz CT molecular complexity index is 1230. The van der Waals surface area contributed by atoms with Crippen molar-refractivity contribution in [2.24, 2.45) is 0 Å². The van der Waals surface area contributed by atoms with E-state index in [1.54, 1.807) is 18.2 Å². The number of hydrogen-bond acceptors (Lipinski definition) is 4. The van der Waals surface area contributed by atoms with E-state index in [0.29, 0.717) is 60.9 Å². The first-order valence-corrected chi connectivity index (χ1v) is 12.7. The summed E-state index contributed by atoms with van der Waals surface area (Å²) in [6, 6.07) is 5.39. The lowest BCUT2D eigenvalue weighted by molar-refractivity contribution is -0.138. The number of alkyl halides is 3. The molecule has 0 radical (unpaired) electrons. The van der Waals surface area contributed by atoms with Gasteiger partial charge in [-0.05, 0) is 44.0 Å². The first-order chi connectivity index (χ1) is 17.1. The van der Waals surface area contributed by atoms with E-state index >= 15 is 0 Å². The van der Waals surface area contributed by atoms with E-state index in [9.17, 15) is 22.8 Å². The van der Waals surface area contributed by atoms with Crippen molar-refractivity contribution in [2.75, 3.05) is 44.7 Å². The number of halogens is 4. The fourth-order valence-corrected chi connectivity index (χ4v) is 5.66. The zero-order chi connectivity index (χ0) is 25.6. The summed E-state index contributed by atoms with van der Waals surface area (Å²) in [5, 5.41) is 2.67. The number of rotatable bonds is 3. The lowest BCUT2D eigenvalue weighted by Gasteiger charge is -2.40. The Labute approximate surface area is 214 Å². The smallest absolute Gasteiger partial charge is 0.379 e. The number of fused-ring (bicyclic) bond motifs is 1. The predicted molar refractivity (Wildman–Crippen MR) is 132 cm³/mol. The molecular weight excluding hydrogens is 541 g/mol. The van der Waals surface area contributed by atoms with Gasteiger partial charge in [0.15, 0.2) is 0 Å². The molecule has 2 fully saturated rings. The minimum atomic E-state index is -4.79. The van der Waals surface area contributed by atoms with Crippen LogP contribution in [0.1, 0.15) is 45.7 Å². The van der Waals surface area contributed by atoms with Crippen molar-refractivity contribution >= 4 is 45.1 Å². The molecular formula is C25H26BrF3N4O3. The first-order valence-electron chi connectivity index (χ1n) is 11.9. The van der Waals surface area contributed by atoms with Crippen molar-refractivity contribution in [3.05, 3.63) is 50.8 Å². The molecule has 7 nitrogen and oxygen atoms in total. The quantitative estimate of drug-likeness (QED) is 0.535. The molecule has 2 N–H and O–H groups in total. The van der Waals surface area contributed by atoms with Crippen LogP contribution in [0.3, 0.4) is 0 Å². The van der Waals surface area contributed by atoms with E-state index in [1.807, 2.05) is 0 Å². The molecule has 3 aliphatic heterocycles. The summed E-state index contributed by atoms with van der Waals surface area (Å²) in [5.41, 5.74) is -0.482. The molecule has 4 heterocycles. The van der Waals surface area contributed by atoms with Crippen molar-refractivity contribution in [3.63, 3.8) is 0 Å². The Morgan fingerprint density at radius 1 is 1.17 bits per heavy atom. The maximum absolute atomic E-state index is 14.3. The van der Waals surface area contributed by atoms with Gasteiger partial charge in [0, 0.05) is 53.6 Å². The standard InChI is InChI=1S/C25H26BrF3N4O3/c1-14-21(24(35)33-6-4-16(5-7-33)32-8-10-36-11-9-32)22(25(27,28)29)20(30-14)13-18-17-12-15(26)2-3-19(17)31-23(18)34/h2-3,12-13,16,30H,4-11H2,1H3,(H,31,34)/b18-13-. The van der Waals surface area contributed by atoms with E-state index in [-0.39, 0.29) is 22.5 Å². The molecule has 1 aromatic carbocycles. The van der Waals surface area contributed by atoms with E-state index in [0.717, 1.165) is 13.1 Å². The van der Waals surface area contributed by atoms with Gasteiger partial charge in [-0.2, -0.15) is 13.2 Å². The first kappa shape index (κ1) is 25.0. The number of aryl methyl sites for hydroxylation is 1. The van der Waals surface area contributed by atoms with Gasteiger partial charge < -0.3 is 19.9 Å². The number of nitrogens with zero attached hydrogens (tertiary/aromatic N) is 2. The highest BCUT2D eigenvalue weighted by molar-refractivity contribution is 9.10. The average molecular weight is 567 g/mol. The number of H-pyrrole nitrogens is 1. The van der Waals surface area contributed by atoms with Gasteiger partial charge >= 0.3 is 6.18 Å². The number of aromatic nitrogens is 1. The second-order valence-electron chi connectivity index (χ2n) is 9.29. The number of carbonyl (C=O) groups is 2. The summed E-state index contributed by atoms with van der Waals surface area (Å²) in [4.78, 5) is 32.5. The number of aromatic amines is 1. The molecule has 0 unspecified atom stereocenters. The van der Waals surface area contributed by atoms with Crippen molar-refractivity contribution in [1.82, 2.24) is 14.8 Å². The Morgan fingerprint density at radius 3 is 2.53 bits per heavy atom. The number of benzene rings is 1. The highest BCUT2D eigenvalue weighted by Crippen LogP contribution is 2.41. The summed E-state index contributed by atoms with van der Waals surface area (Å²) in [6.45, 7) is 5.26. The maximum atomic E-state index is 14.3. The van der Waals surface area contributed by atoms with Crippen LogP contribution in [0.25, 0.3) is 11.6 Å². The average Bonchev–Trinajstić information content (AvgIpc) is 3.35. The van der Waals surface area contributed by atoms with Crippen LogP contribution in [0.15, 0.2) is 22.7 Å². The zero-order valence-corrected chi connectivity index (χ0v) is 21.3. The molecule has 2 aromatic rings. The van der Waals surface area contributed by atoms with Gasteiger partial charge in [0.25, 0.3) is 11.8 Å². The number of carbonyl (C=O) groups excluding carboxylic acids is 2. The zero-order valence-electron chi connectivity index (χ0n) is 19.7. The molecule has 0 saturated carbocycles. The molecule has 0 atom stereocenters. The molecule has 5 rings (SSSR count). The molecule has 2 amide bonds. The molecule has 0 bridgehead atoms. The number of morpholine rings is 1. The van der Waals surface area contributed by atoms with E-state index < -0.39 is 23.6 Å². The Kier molecular flexibility index (Phi) is 6.73. The number of amides is 2. The highest BCUT2D eigenvalue weighted by atomic mass is 79.9. The maximum Gasteiger partial charge on any atom is 0.419 e. The number of hydrogen-bond donors (Lipinski definition) is 2. The van der Waals surface area contributed by atoms with Gasteiger partial charge in [0.05, 0.1) is 35.6 Å². The van der Waals surface area contributed by atoms with Crippen LogP contribution in [0.4, 0.5) is 18.9 Å². The van der Waals surface area contributed by atoms with Crippen molar-refractivity contribution < 1.29 is 27.5 Å². The Morgan fingerprint density at radius 2 is 1.86 bits per heavy atom. The summed E-state index contributed by atoms with van der Waals surface area (Å²) in [7, 11) is 0. The molecule has 0 aliphatic carbocycles. The van der Waals surface area contributed by atoms with Gasteiger partial charge in [0.2, 0.25) is 0 Å². The molecule has 0 spiro atoms. The Hall–Kier alpha value is -2.63. The summed E-state index contributed by atoms with van der Waals surface area (Å²) >= 11 is 3.34. The van der Waals surface area contributed by atoms with E-state index in [2.05, 4.69) is 31.1 Å². The lowest BCUT2D eigenvalue weighted by atomic mass is 9.99. The molecule has 2 saturated heterocycles. The predicted octanol–water partition coefficient (Wildman–Crippen LogP) is 4.53. The Balaban J connectivity index is 1.45. The van der Waals surface area contributed by atoms with E-state index in [1.165, 1.54) is 17.9 Å². The topological polar surface area (TPSA) is 77.7 Å². The number of anilines is 1. The molecule has 3 aliphatic rings. The molecule has 1 aromatic heterocycles. The van der Waals surface area contributed by atoms with Gasteiger partial charge in [-0.15, -0.1) is 0 Å². The van der Waals surface area contributed by atoms with Crippen LogP contribution in [0.5, 0.6) is 0 Å². The van der Waals surface area contributed by atoms with Gasteiger partial charge in [0.1, 0.15) is 0 Å². The van der Waals surface area contributed by atoms with Gasteiger partial charge in [-0.25, -0.2) is 0 Å². The number of ether oxygens (including phenoxy) is 1. The third-order valence-corrected chi connectivity index (χ3v) is 7.57. The van der Waals surface area contributed by atoms with Crippen LogP contribution in [0.2, 0.25) is 0 Å². The molecule has 11 heteroatoms. The van der Waals surface area contributed by atoms with Crippen molar-refractivity contribution in [3.8, 4) is 0 Å². The van der Waals surface area contributed by atoms with Gasteiger partial charge in [-0.3, -0.25) is 14.5 Å². The van der Waals surface area contributed by atoms with Crippen LogP contribution in [-0.2, 0) is 15.7 Å². The van der Waals surface area contributed by atoms with Crippen molar-refractivity contribution in [2.45, 2.75) is 32.0 Å². The number of likely N-dealkylation sites (tertiary alicyclic amines) is 1. The third-order valence-electron chi connectivity index (χ3n) is 7.08. The lowest BCUT2D eigenvalue weighted by Crippen LogP contribution is -2.50. The normalized spacial score (nSPS) is 20.6. The fourth-order valence-electron chi connectivity index (χ4n) is 5.30. The molecule has 36 heavy (non-hydrogen) atoms. The largest absolute Gasteiger partial charge is 0.419 e. The van der Waals surface area contributed by atoms with Crippen LogP contribution in [-0.4, -0.2) is 72.0 Å². The van der Waals surface area contributed by atoms with Crippen LogP contribution >= 0.6 is 15.9 Å². The summed E-state index contributed by atoms with van der Waals surface area (Å²) < 4.78 is 49.1. The van der Waals surface area contributed by atoms with Gasteiger partial charge in [-0.1, -0.05) is 15.9 Å². The van der Waals surface area contributed by atoms with E-state index in [4.69, 9.17) is 4.74 Å². The minimum Gasteiger partial charge on any atom is -0.379 e. The summed E-state index contributed by atoms with van der Waals surface area (Å²) in [6.07, 6.45) is -2.19. The third kappa shape index (κ3) is 4.71. The molecule has 192 valence electrons. The second kappa shape index (κ2) is 9.68. The van der Waals surface area contributed by atoms with Crippen LogP contribution < -0.4 is 5.32 Å². The number of nitrogens with one attached hydrogen (secondary N) is 2. The summed E-state index contributed by atoms with van der Waals surface area (Å²) in [5.74, 6) is -1.14. The second-order valence-corrected chi connectivity index (χ2v) is 10.2. The van der Waals surface area contributed by atoms with Crippen molar-refractivity contribution in [1.29, 1.82) is 0 Å². The SMILES string of the molecule is Cc1[nH]c(/C=C2\C(=O)Nc3ccc(Br)cc32)c(C(F)(F)F)c1C(=O)N1CCC(N2CCOCC2)CC1.